The van der Waals surface area contributed by atoms with E-state index in [1.165, 1.54) is 27.2 Å². The maximum atomic E-state index is 13.8. The van der Waals surface area contributed by atoms with E-state index < -0.39 is 52.6 Å². The number of benzene rings is 6. The second-order valence-electron chi connectivity index (χ2n) is 32.2. The van der Waals surface area contributed by atoms with Gasteiger partial charge in [-0.3, -0.25) is 49.2 Å². The number of carbonyl (C=O) groups excluding carboxylic acids is 10. The third-order valence-corrected chi connectivity index (χ3v) is 21.5. The van der Waals surface area contributed by atoms with Crippen LogP contribution in [0.2, 0.25) is 0 Å². The summed E-state index contributed by atoms with van der Waals surface area (Å²) in [5.74, 6) is -2.15. The van der Waals surface area contributed by atoms with Gasteiger partial charge in [-0.25, -0.2) is 55.2 Å². The van der Waals surface area contributed by atoms with Crippen LogP contribution in [0.3, 0.4) is 0 Å². The molecule has 126 heavy (non-hydrogen) atoms. The van der Waals surface area contributed by atoms with Crippen LogP contribution in [0.4, 0.5) is 75.6 Å². The molecule has 17 rings (SSSR count). The third kappa shape index (κ3) is 19.1. The summed E-state index contributed by atoms with van der Waals surface area (Å²) in [6.07, 6.45) is 4.23. The molecule has 648 valence electrons. The van der Waals surface area contributed by atoms with Gasteiger partial charge in [-0.1, -0.05) is 86.3 Å². The van der Waals surface area contributed by atoms with Gasteiger partial charge in [0.05, 0.1) is 56.3 Å². The first-order valence-electron chi connectivity index (χ1n) is 40.8. The molecule has 34 heteroatoms. The maximum Gasteiger partial charge on any atom is 0.410 e. The first-order chi connectivity index (χ1) is 60.1. The second-order valence-corrected chi connectivity index (χ2v) is 32.2. The molecule has 8 heterocycles. The minimum atomic E-state index is -1.53. The number of pyridine rings is 3. The number of H-pyrrole nitrogens is 2. The number of carbonyl (C=O) groups is 10. The average molecular weight is 1700 g/mol. The number of hydrazine groups is 3. The smallest absolute Gasteiger partial charge is 0.410 e. The topological polar surface area (TPSA) is 395 Å². The Hall–Kier alpha value is -15.4. The lowest BCUT2D eigenvalue weighted by Crippen LogP contribution is -2.50. The van der Waals surface area contributed by atoms with Crippen molar-refractivity contribution in [1.82, 2.24) is 66.7 Å². The van der Waals surface area contributed by atoms with Gasteiger partial charge >= 0.3 is 30.3 Å². The van der Waals surface area contributed by atoms with Crippen molar-refractivity contribution in [3.63, 3.8) is 0 Å². The van der Waals surface area contributed by atoms with Crippen LogP contribution in [0.25, 0.3) is 45.0 Å². The number of Topliss-reactive ketones (excluding diaryl/α,β-unsaturated/α-hetero) is 3. The van der Waals surface area contributed by atoms with Gasteiger partial charge in [0, 0.05) is 169 Å². The van der Waals surface area contributed by atoms with E-state index in [-0.39, 0.29) is 53.6 Å². The number of aromatic amines is 2. The molecule has 6 aliphatic rings. The van der Waals surface area contributed by atoms with Crippen LogP contribution in [0, 0.1) is 5.92 Å². The van der Waals surface area contributed by atoms with Crippen molar-refractivity contribution >= 4 is 111 Å². The summed E-state index contributed by atoms with van der Waals surface area (Å²) in [6, 6.07) is 52.4. The molecule has 0 radical (unpaired) electrons. The molecular formula is C92H98N22O12. The van der Waals surface area contributed by atoms with E-state index in [1.54, 1.807) is 141 Å². The summed E-state index contributed by atoms with van der Waals surface area (Å²) in [6.45, 7) is 19.6. The first kappa shape index (κ1) is 87.0. The van der Waals surface area contributed by atoms with Gasteiger partial charge in [0.2, 0.25) is 0 Å². The molecule has 3 aliphatic heterocycles. The van der Waals surface area contributed by atoms with E-state index in [0.717, 1.165) is 54.4 Å². The first-order valence-corrected chi connectivity index (χ1v) is 40.8. The maximum absolute atomic E-state index is 13.8. The Morgan fingerprint density at radius 2 is 0.746 bits per heavy atom. The van der Waals surface area contributed by atoms with E-state index in [9.17, 15) is 47.9 Å². The number of ketones is 5. The lowest BCUT2D eigenvalue weighted by atomic mass is 9.93. The van der Waals surface area contributed by atoms with Gasteiger partial charge in [0.25, 0.3) is 0 Å². The molecule has 8 amide bonds. The number of fused-ring (bicyclic) bond motifs is 7. The summed E-state index contributed by atoms with van der Waals surface area (Å²) in [4.78, 5) is 153. The van der Waals surface area contributed by atoms with Gasteiger partial charge in [-0.2, -0.15) is 10.2 Å². The fourth-order valence-corrected chi connectivity index (χ4v) is 15.5. The number of nitrogens with zero attached hydrogens (tertiary/aromatic N) is 13. The second kappa shape index (κ2) is 37.2. The van der Waals surface area contributed by atoms with Crippen LogP contribution < -0.4 is 67.3 Å². The van der Waals surface area contributed by atoms with Gasteiger partial charge in [-0.15, -0.1) is 0 Å². The Morgan fingerprint density at radius 3 is 1.10 bits per heavy atom. The predicted molar refractivity (Wildman–Crippen MR) is 481 cm³/mol. The Balaban J connectivity index is 0.000000153. The number of aromatic nitrogens is 7. The summed E-state index contributed by atoms with van der Waals surface area (Å²) < 4.78 is 11.0. The molecule has 5 aromatic heterocycles. The summed E-state index contributed by atoms with van der Waals surface area (Å²) >= 11 is 0. The fourth-order valence-electron chi connectivity index (χ4n) is 15.5. The fraction of sp³-hybridized carbons (Fsp3) is 0.272. The van der Waals surface area contributed by atoms with Crippen LogP contribution in [-0.2, 0) is 9.47 Å². The molecular weight excluding hydrogens is 1610 g/mol. The molecule has 1 unspecified atom stereocenters. The highest BCUT2D eigenvalue weighted by Gasteiger charge is 2.46. The summed E-state index contributed by atoms with van der Waals surface area (Å²) in [5.41, 5.74) is 18.6. The Kier molecular flexibility index (Phi) is 25.7. The van der Waals surface area contributed by atoms with E-state index in [1.807, 2.05) is 108 Å². The van der Waals surface area contributed by atoms with Gasteiger partial charge in [0.15, 0.2) is 28.9 Å². The standard InChI is InChI=1S/C32H34N8O4.C32H34N6O6.C27H26N8O2.CH4/c1-32(2,3)44-31(43)40-18-16-39(17-19-40)21-13-11-20(12-14-21)27-26-28(36-35-27)22-8-7-9-23(25(22)29(26)41)34-30(42)37-38(4)24-10-5-6-15-33-24;1-32(2,3)44-31(43)38-18-16-37(17-19-38)21-13-11-20(12-14-21)27(39)26-28(40)22-8-7-9-23(25(22)29(26)41)34-30(42)35-36(4)24-10-5-6-15-33-24;1-34(21-7-2-3-12-29-21)33-27(37)30-20-6-4-5-19-22(20)26(36)23-24(31-32-25(19)23)17-8-10-18(11-9-17)35-15-13-28-14-16-35;/h5-15H,16-19H2,1-4H3,(H,35,36)(H2,34,37,42);5-15,26H,16-19H2,1-4H3,(H2,34,35,42);2-12,28H,13-16H2,1H3,(H,31,32)(H2,30,33,37);1H4. The number of rotatable bonds is 16. The highest BCUT2D eigenvalue weighted by atomic mass is 16.6. The van der Waals surface area contributed by atoms with E-state index >= 15 is 0 Å². The monoisotopic (exact) mass is 1700 g/mol. The summed E-state index contributed by atoms with van der Waals surface area (Å²) in [5, 5.41) is 31.1. The van der Waals surface area contributed by atoms with Gasteiger partial charge in [-0.05, 0) is 145 Å². The van der Waals surface area contributed by atoms with E-state index in [0.29, 0.717) is 137 Å². The van der Waals surface area contributed by atoms with Crippen molar-refractivity contribution in [2.45, 2.75) is 60.2 Å². The van der Waals surface area contributed by atoms with Crippen molar-refractivity contribution in [2.24, 2.45) is 5.92 Å². The van der Waals surface area contributed by atoms with Crippen LogP contribution in [0.1, 0.15) is 112 Å². The zero-order valence-electron chi connectivity index (χ0n) is 70.3. The molecule has 3 saturated heterocycles. The number of anilines is 9. The predicted octanol–water partition coefficient (Wildman–Crippen LogP) is 13.0. The molecule has 6 aromatic carbocycles. The Labute approximate surface area is 727 Å². The average Bonchev–Trinajstić information content (AvgIpc) is 1.58. The molecule has 0 spiro atoms. The van der Waals surface area contributed by atoms with Crippen molar-refractivity contribution in [1.29, 1.82) is 0 Å². The SMILES string of the molecule is C.CN(NC(=O)Nc1cccc2c1C(=O)C(C(=O)c1ccc(N3CCN(C(=O)OC(C)(C)C)CC3)cc1)C2=O)c1ccccn1.CN(NC(=O)Nc1cccc2c1C(=O)c1c(-c3ccc(N4CCN(C(=O)OC(C)(C)C)CC4)cc3)n[nH]c1-2)c1ccccn1.CN(NC(=O)Nc1cccc2c1C(=O)c1c(-c3ccc(N4CCNCC4)cc3)n[nH]c1-2)c1ccccn1. The Bertz CT molecular complexity index is 5900. The molecule has 0 bridgehead atoms. The highest BCUT2D eigenvalue weighted by molar-refractivity contribution is 6.39. The number of hydrogen-bond donors (Lipinski definition) is 9. The quantitative estimate of drug-likeness (QED) is 0.0246. The number of ether oxygens (including phenoxy) is 2. The molecule has 34 nitrogen and oxygen atoms in total. The highest BCUT2D eigenvalue weighted by Crippen LogP contribution is 2.46. The molecule has 11 aromatic rings. The molecule has 0 saturated carbocycles. The molecule has 1 atom stereocenters. The van der Waals surface area contributed by atoms with Gasteiger partial charge in [0.1, 0.15) is 46.0 Å². The van der Waals surface area contributed by atoms with Crippen molar-refractivity contribution in [3.8, 4) is 45.0 Å². The Morgan fingerprint density at radius 1 is 0.397 bits per heavy atom. The zero-order chi connectivity index (χ0) is 88.0. The third-order valence-electron chi connectivity index (χ3n) is 21.5. The van der Waals surface area contributed by atoms with E-state index in [4.69, 9.17) is 9.47 Å². The minimum absolute atomic E-state index is 0. The number of urea groups is 3. The lowest BCUT2D eigenvalue weighted by molar-refractivity contribution is 0.0230. The zero-order valence-corrected chi connectivity index (χ0v) is 70.3. The largest absolute Gasteiger partial charge is 0.444 e. The van der Waals surface area contributed by atoms with E-state index in [2.05, 4.69) is 99.7 Å². The summed E-state index contributed by atoms with van der Waals surface area (Å²) in [7, 11) is 4.98. The van der Waals surface area contributed by atoms with Crippen molar-refractivity contribution in [3.05, 3.63) is 240 Å². The molecule has 9 N–H and O–H groups in total. The van der Waals surface area contributed by atoms with Crippen LogP contribution >= 0.6 is 0 Å². The lowest BCUT2D eigenvalue weighted by Gasteiger charge is -2.36. The molecule has 3 aliphatic carbocycles. The number of hydrogen-bond acceptors (Lipinski definition) is 24. The van der Waals surface area contributed by atoms with Crippen LogP contribution in [0.5, 0.6) is 0 Å². The number of nitrogens with one attached hydrogen (secondary N) is 9. The normalized spacial score (nSPS) is 14.8. The van der Waals surface area contributed by atoms with Crippen molar-refractivity contribution in [2.75, 3.05) is 145 Å². The van der Waals surface area contributed by atoms with Crippen molar-refractivity contribution < 1.29 is 57.4 Å². The molecule has 3 fully saturated rings. The van der Waals surface area contributed by atoms with Crippen LogP contribution in [-0.4, -0.2) is 215 Å². The minimum Gasteiger partial charge on any atom is -0.444 e. The number of piperazine rings is 3. The van der Waals surface area contributed by atoms with Gasteiger partial charge < -0.3 is 55.2 Å². The number of amides is 8. The van der Waals surface area contributed by atoms with Crippen LogP contribution in [0.15, 0.2) is 201 Å².